The third-order valence-corrected chi connectivity index (χ3v) is 2.80. The topological polar surface area (TPSA) is 72.3 Å². The van der Waals surface area contributed by atoms with Gasteiger partial charge in [-0.1, -0.05) is 12.1 Å². The van der Waals surface area contributed by atoms with Crippen molar-refractivity contribution in [1.29, 1.82) is 0 Å². The van der Waals surface area contributed by atoms with E-state index in [0.717, 1.165) is 4.47 Å². The lowest BCUT2D eigenvalue weighted by molar-refractivity contribution is 0.0695. The summed E-state index contributed by atoms with van der Waals surface area (Å²) in [5.74, 6) is 0.0624. The van der Waals surface area contributed by atoms with Crippen LogP contribution in [0.5, 0.6) is 5.75 Å². The van der Waals surface area contributed by atoms with E-state index < -0.39 is 5.97 Å². The van der Waals surface area contributed by atoms with E-state index in [-0.39, 0.29) is 12.2 Å². The normalized spacial score (nSPS) is 10.1. The maximum Gasteiger partial charge on any atom is 0.338 e. The van der Waals surface area contributed by atoms with Crippen molar-refractivity contribution >= 4 is 21.9 Å². The number of hydrogen-bond donors (Lipinski definition) is 1. The average Bonchev–Trinajstić information content (AvgIpc) is 2.38. The molecule has 0 aliphatic carbocycles. The number of rotatable bonds is 4. The average molecular weight is 309 g/mol. The van der Waals surface area contributed by atoms with Crippen LogP contribution in [-0.2, 0) is 6.61 Å². The first-order chi connectivity index (χ1) is 8.66. The molecule has 0 fully saturated rings. The fourth-order valence-corrected chi connectivity index (χ4v) is 1.64. The van der Waals surface area contributed by atoms with Crippen molar-refractivity contribution < 1.29 is 14.6 Å². The van der Waals surface area contributed by atoms with Crippen LogP contribution in [0, 0.1) is 0 Å². The number of carbonyl (C=O) groups is 1. The zero-order chi connectivity index (χ0) is 13.0. The van der Waals surface area contributed by atoms with Gasteiger partial charge in [0.25, 0.3) is 0 Å². The van der Waals surface area contributed by atoms with E-state index in [9.17, 15) is 4.79 Å². The van der Waals surface area contributed by atoms with Crippen LogP contribution in [0.1, 0.15) is 16.2 Å². The lowest BCUT2D eigenvalue weighted by Gasteiger charge is -2.06. The van der Waals surface area contributed by atoms with Gasteiger partial charge in [-0.2, -0.15) is 0 Å². The lowest BCUT2D eigenvalue weighted by atomic mass is 10.3. The number of para-hydroxylation sites is 1. The zero-order valence-corrected chi connectivity index (χ0v) is 10.8. The van der Waals surface area contributed by atoms with E-state index in [2.05, 4.69) is 25.9 Å². The molecule has 0 spiro atoms. The summed E-state index contributed by atoms with van der Waals surface area (Å²) in [7, 11) is 0. The van der Waals surface area contributed by atoms with Gasteiger partial charge in [-0.25, -0.2) is 14.8 Å². The van der Waals surface area contributed by atoms with Crippen LogP contribution in [0.3, 0.4) is 0 Å². The Kier molecular flexibility index (Phi) is 3.88. The van der Waals surface area contributed by atoms with E-state index in [1.165, 1.54) is 12.4 Å². The molecule has 0 saturated carbocycles. The second-order valence-corrected chi connectivity index (χ2v) is 4.27. The number of aromatic nitrogens is 2. The van der Waals surface area contributed by atoms with Crippen LogP contribution in [0.2, 0.25) is 0 Å². The zero-order valence-electron chi connectivity index (χ0n) is 9.21. The summed E-state index contributed by atoms with van der Waals surface area (Å²) in [5, 5.41) is 8.70. The Labute approximate surface area is 112 Å². The van der Waals surface area contributed by atoms with E-state index in [0.29, 0.717) is 11.6 Å². The van der Waals surface area contributed by atoms with E-state index in [1.807, 2.05) is 24.3 Å². The molecule has 1 heterocycles. The van der Waals surface area contributed by atoms with E-state index in [4.69, 9.17) is 9.84 Å². The Bertz CT molecular complexity index is 558. The fourth-order valence-electron chi connectivity index (χ4n) is 1.24. The highest BCUT2D eigenvalue weighted by molar-refractivity contribution is 9.10. The number of hydrogen-bond acceptors (Lipinski definition) is 4. The molecular formula is C12H9BrN2O3. The maximum atomic E-state index is 10.6. The van der Waals surface area contributed by atoms with Gasteiger partial charge in [0.05, 0.1) is 10.0 Å². The van der Waals surface area contributed by atoms with Gasteiger partial charge in [0.15, 0.2) is 5.82 Å². The summed E-state index contributed by atoms with van der Waals surface area (Å²) in [5.41, 5.74) is 0.0552. The number of benzene rings is 1. The number of aromatic carboxylic acids is 1. The van der Waals surface area contributed by atoms with E-state index >= 15 is 0 Å². The van der Waals surface area contributed by atoms with Gasteiger partial charge >= 0.3 is 5.97 Å². The molecule has 18 heavy (non-hydrogen) atoms. The summed E-state index contributed by atoms with van der Waals surface area (Å²) in [6.45, 7) is 0.183. The first-order valence-electron chi connectivity index (χ1n) is 5.08. The third-order valence-electron chi connectivity index (χ3n) is 2.15. The molecular weight excluding hydrogens is 300 g/mol. The first-order valence-corrected chi connectivity index (χ1v) is 5.87. The van der Waals surface area contributed by atoms with Gasteiger partial charge in [-0.3, -0.25) is 0 Å². The second kappa shape index (κ2) is 5.59. The minimum atomic E-state index is -1.05. The van der Waals surface area contributed by atoms with Crippen LogP contribution >= 0.6 is 15.9 Å². The third kappa shape index (κ3) is 3.04. The highest BCUT2D eigenvalue weighted by atomic mass is 79.9. The predicted molar refractivity (Wildman–Crippen MR) is 67.5 cm³/mol. The summed E-state index contributed by atoms with van der Waals surface area (Å²) >= 11 is 3.36. The van der Waals surface area contributed by atoms with Crippen molar-refractivity contribution in [2.75, 3.05) is 0 Å². The molecule has 0 bridgehead atoms. The number of nitrogens with zero attached hydrogens (tertiary/aromatic N) is 2. The number of ether oxygens (including phenoxy) is 1. The molecule has 2 aromatic rings. The fraction of sp³-hybridized carbons (Fsp3) is 0.0833. The van der Waals surface area contributed by atoms with Gasteiger partial charge in [0.2, 0.25) is 0 Å². The molecule has 0 saturated heterocycles. The molecule has 0 amide bonds. The molecule has 0 atom stereocenters. The summed E-state index contributed by atoms with van der Waals surface area (Å²) in [6.07, 6.45) is 2.52. The van der Waals surface area contributed by atoms with E-state index in [1.54, 1.807) is 0 Å². The molecule has 5 nitrogen and oxygen atoms in total. The summed E-state index contributed by atoms with van der Waals surface area (Å²) in [4.78, 5) is 18.4. The smallest absolute Gasteiger partial charge is 0.338 e. The Hall–Kier alpha value is -1.95. The van der Waals surface area contributed by atoms with Crippen LogP contribution < -0.4 is 4.74 Å². The summed E-state index contributed by atoms with van der Waals surface area (Å²) in [6, 6.07) is 7.42. The minimum Gasteiger partial charge on any atom is -0.484 e. The minimum absolute atomic E-state index is 0.0552. The van der Waals surface area contributed by atoms with Crippen molar-refractivity contribution in [2.45, 2.75) is 6.61 Å². The van der Waals surface area contributed by atoms with Crippen LogP contribution in [0.15, 0.2) is 41.1 Å². The van der Waals surface area contributed by atoms with Crippen molar-refractivity contribution in [3.8, 4) is 5.75 Å². The summed E-state index contributed by atoms with van der Waals surface area (Å²) < 4.78 is 6.34. The molecule has 0 unspecified atom stereocenters. The maximum absolute atomic E-state index is 10.6. The number of halogens is 1. The monoisotopic (exact) mass is 308 g/mol. The van der Waals surface area contributed by atoms with Crippen molar-refractivity contribution in [3.63, 3.8) is 0 Å². The van der Waals surface area contributed by atoms with Crippen LogP contribution in [0.25, 0.3) is 0 Å². The molecule has 0 aliphatic rings. The number of carboxylic acid groups (broad SMARTS) is 1. The van der Waals surface area contributed by atoms with Gasteiger partial charge in [-0.15, -0.1) is 0 Å². The SMILES string of the molecule is O=C(O)c1cnc(COc2ccccc2Br)nc1. The molecule has 1 N–H and O–H groups in total. The molecule has 0 aliphatic heterocycles. The van der Waals surface area contributed by atoms with Crippen molar-refractivity contribution in [3.05, 3.63) is 52.5 Å². The molecule has 6 heteroatoms. The molecule has 1 aromatic heterocycles. The Morgan fingerprint density at radius 1 is 1.28 bits per heavy atom. The number of carboxylic acids is 1. The van der Waals surface area contributed by atoms with Gasteiger partial charge < -0.3 is 9.84 Å². The Morgan fingerprint density at radius 3 is 2.56 bits per heavy atom. The molecule has 2 rings (SSSR count). The van der Waals surface area contributed by atoms with Crippen molar-refractivity contribution in [2.24, 2.45) is 0 Å². The van der Waals surface area contributed by atoms with Crippen LogP contribution in [-0.4, -0.2) is 21.0 Å². The van der Waals surface area contributed by atoms with Gasteiger partial charge in [0.1, 0.15) is 12.4 Å². The highest BCUT2D eigenvalue weighted by Crippen LogP contribution is 2.24. The molecule has 0 radical (unpaired) electrons. The Morgan fingerprint density at radius 2 is 1.94 bits per heavy atom. The quantitative estimate of drug-likeness (QED) is 0.939. The predicted octanol–water partition coefficient (Wildman–Crippen LogP) is 2.52. The standard InChI is InChI=1S/C12H9BrN2O3/c13-9-3-1-2-4-10(9)18-7-11-14-5-8(6-15-11)12(16)17/h1-6H,7H2,(H,16,17). The lowest BCUT2D eigenvalue weighted by Crippen LogP contribution is -2.04. The van der Waals surface area contributed by atoms with Gasteiger partial charge in [0, 0.05) is 12.4 Å². The molecule has 1 aromatic carbocycles. The Balaban J connectivity index is 2.02. The highest BCUT2D eigenvalue weighted by Gasteiger charge is 2.05. The first kappa shape index (κ1) is 12.5. The molecule has 92 valence electrons. The largest absolute Gasteiger partial charge is 0.484 e. The second-order valence-electron chi connectivity index (χ2n) is 3.41. The van der Waals surface area contributed by atoms with Crippen molar-refractivity contribution in [1.82, 2.24) is 9.97 Å². The van der Waals surface area contributed by atoms with Crippen LogP contribution in [0.4, 0.5) is 0 Å². The van der Waals surface area contributed by atoms with Gasteiger partial charge in [-0.05, 0) is 28.1 Å².